The quantitative estimate of drug-likeness (QED) is 0.600. The van der Waals surface area contributed by atoms with Crippen LogP contribution in [0.3, 0.4) is 0 Å². The van der Waals surface area contributed by atoms with Gasteiger partial charge in [-0.05, 0) is 30.5 Å². The third-order valence-electron chi connectivity index (χ3n) is 4.35. The summed E-state index contributed by atoms with van der Waals surface area (Å²) in [6.45, 7) is 0.683. The van der Waals surface area contributed by atoms with E-state index in [0.717, 1.165) is 18.5 Å². The molecule has 2 aromatic rings. The lowest BCUT2D eigenvalue weighted by Gasteiger charge is -2.29. The summed E-state index contributed by atoms with van der Waals surface area (Å²) < 4.78 is 0. The first-order chi connectivity index (χ1) is 13.1. The van der Waals surface area contributed by atoms with E-state index in [-0.39, 0.29) is 24.7 Å². The zero-order valence-electron chi connectivity index (χ0n) is 14.6. The van der Waals surface area contributed by atoms with Crippen LogP contribution in [-0.4, -0.2) is 24.6 Å². The minimum absolute atomic E-state index is 0.0563. The molecule has 7 heteroatoms. The highest BCUT2D eigenvalue weighted by Crippen LogP contribution is 2.27. The van der Waals surface area contributed by atoms with E-state index in [4.69, 9.17) is 23.2 Å². The number of carbonyl (C=O) groups excluding carboxylic acids is 2. The number of benzene rings is 2. The minimum Gasteiger partial charge on any atom is -0.312 e. The van der Waals surface area contributed by atoms with Crippen molar-refractivity contribution in [3.05, 3.63) is 63.6 Å². The summed E-state index contributed by atoms with van der Waals surface area (Å²) in [4.78, 5) is 26.2. The third kappa shape index (κ3) is 4.87. The zero-order chi connectivity index (χ0) is 19.2. The molecule has 0 unspecified atom stereocenters. The van der Waals surface area contributed by atoms with Crippen molar-refractivity contribution in [3.8, 4) is 0 Å². The molecule has 1 aliphatic rings. The van der Waals surface area contributed by atoms with Crippen molar-refractivity contribution in [1.29, 1.82) is 0 Å². The number of fused-ring (bicyclic) bond motifs is 1. The molecule has 1 N–H and O–H groups in total. The second-order valence-corrected chi connectivity index (χ2v) is 7.00. The van der Waals surface area contributed by atoms with Gasteiger partial charge in [0.05, 0.1) is 16.3 Å². The summed E-state index contributed by atoms with van der Waals surface area (Å²) in [7, 11) is 0. The smallest absolute Gasteiger partial charge is 0.240 e. The van der Waals surface area contributed by atoms with E-state index in [9.17, 15) is 9.59 Å². The SMILES string of the molecule is O=C(CCC(=O)N1CCCc2ccccc21)NN=Cc1cccc(Cl)c1Cl. The van der Waals surface area contributed by atoms with Gasteiger partial charge in [-0.2, -0.15) is 5.10 Å². The summed E-state index contributed by atoms with van der Waals surface area (Å²) >= 11 is 12.0. The molecule has 0 saturated heterocycles. The second-order valence-electron chi connectivity index (χ2n) is 6.21. The molecule has 0 bridgehead atoms. The van der Waals surface area contributed by atoms with Gasteiger partial charge >= 0.3 is 0 Å². The summed E-state index contributed by atoms with van der Waals surface area (Å²) in [5.41, 5.74) is 5.13. The molecule has 0 atom stereocenters. The topological polar surface area (TPSA) is 61.8 Å². The van der Waals surface area contributed by atoms with Crippen LogP contribution in [0.1, 0.15) is 30.4 Å². The molecule has 140 valence electrons. The normalized spacial score (nSPS) is 13.5. The Labute approximate surface area is 168 Å². The number of rotatable bonds is 5. The van der Waals surface area contributed by atoms with Crippen LogP contribution in [0, 0.1) is 0 Å². The monoisotopic (exact) mass is 403 g/mol. The Hall–Kier alpha value is -2.37. The predicted octanol–water partition coefficient (Wildman–Crippen LogP) is 4.20. The highest BCUT2D eigenvalue weighted by Gasteiger charge is 2.22. The van der Waals surface area contributed by atoms with Crippen molar-refractivity contribution in [3.63, 3.8) is 0 Å². The fourth-order valence-electron chi connectivity index (χ4n) is 3.00. The molecule has 2 amide bonds. The van der Waals surface area contributed by atoms with E-state index in [1.165, 1.54) is 11.8 Å². The molecule has 27 heavy (non-hydrogen) atoms. The fraction of sp³-hybridized carbons (Fsp3) is 0.250. The standard InChI is InChI=1S/C20H19Cl2N3O2/c21-16-8-3-6-15(20(16)22)13-23-24-18(26)10-11-19(27)25-12-4-7-14-5-1-2-9-17(14)25/h1-3,5-6,8-9,13H,4,7,10-12H2,(H,24,26). The zero-order valence-corrected chi connectivity index (χ0v) is 16.1. The first kappa shape index (κ1) is 19.4. The van der Waals surface area contributed by atoms with Crippen LogP contribution in [0.15, 0.2) is 47.6 Å². The van der Waals surface area contributed by atoms with E-state index in [2.05, 4.69) is 10.5 Å². The lowest BCUT2D eigenvalue weighted by Crippen LogP contribution is -2.36. The summed E-state index contributed by atoms with van der Waals surface area (Å²) in [5, 5.41) is 4.66. The Balaban J connectivity index is 1.52. The number of para-hydroxylation sites is 1. The maximum atomic E-state index is 12.5. The molecule has 1 aliphatic heterocycles. The summed E-state index contributed by atoms with van der Waals surface area (Å²) in [6.07, 6.45) is 3.53. The van der Waals surface area contributed by atoms with Crippen LogP contribution in [-0.2, 0) is 16.0 Å². The second kappa shape index (κ2) is 9.02. The lowest BCUT2D eigenvalue weighted by molar-refractivity contribution is -0.125. The molecule has 5 nitrogen and oxygen atoms in total. The molecule has 3 rings (SSSR count). The van der Waals surface area contributed by atoms with Gasteiger partial charge in [0.25, 0.3) is 0 Å². The maximum absolute atomic E-state index is 12.5. The number of amides is 2. The molecular weight excluding hydrogens is 385 g/mol. The summed E-state index contributed by atoms with van der Waals surface area (Å²) in [6, 6.07) is 13.0. The van der Waals surface area contributed by atoms with Gasteiger partial charge in [0.2, 0.25) is 11.8 Å². The Kier molecular flexibility index (Phi) is 6.48. The number of carbonyl (C=O) groups is 2. The van der Waals surface area contributed by atoms with Gasteiger partial charge in [-0.15, -0.1) is 0 Å². The van der Waals surface area contributed by atoms with Crippen LogP contribution in [0.2, 0.25) is 10.0 Å². The molecule has 0 fully saturated rings. The van der Waals surface area contributed by atoms with E-state index in [1.54, 1.807) is 23.1 Å². The maximum Gasteiger partial charge on any atom is 0.240 e. The predicted molar refractivity (Wildman–Crippen MR) is 109 cm³/mol. The van der Waals surface area contributed by atoms with Gasteiger partial charge in [0.15, 0.2) is 0 Å². The highest BCUT2D eigenvalue weighted by molar-refractivity contribution is 6.43. The number of hydrogen-bond acceptors (Lipinski definition) is 3. The van der Waals surface area contributed by atoms with Crippen molar-refractivity contribution in [1.82, 2.24) is 5.43 Å². The molecule has 0 saturated carbocycles. The average Bonchev–Trinajstić information content (AvgIpc) is 2.69. The Morgan fingerprint density at radius 3 is 2.78 bits per heavy atom. The van der Waals surface area contributed by atoms with E-state index >= 15 is 0 Å². The highest BCUT2D eigenvalue weighted by atomic mass is 35.5. The largest absolute Gasteiger partial charge is 0.312 e. The van der Waals surface area contributed by atoms with E-state index < -0.39 is 0 Å². The lowest BCUT2D eigenvalue weighted by atomic mass is 10.0. The number of aryl methyl sites for hydroxylation is 1. The molecule has 2 aromatic carbocycles. The van der Waals surface area contributed by atoms with Crippen molar-refractivity contribution >= 4 is 46.9 Å². The van der Waals surface area contributed by atoms with Gasteiger partial charge in [-0.25, -0.2) is 5.43 Å². The number of hydrazone groups is 1. The van der Waals surface area contributed by atoms with Crippen molar-refractivity contribution < 1.29 is 9.59 Å². The first-order valence-corrected chi connectivity index (χ1v) is 9.46. The number of hydrogen-bond donors (Lipinski definition) is 1. The van der Waals surface area contributed by atoms with Gasteiger partial charge in [-0.3, -0.25) is 9.59 Å². The number of nitrogens with one attached hydrogen (secondary N) is 1. The van der Waals surface area contributed by atoms with Crippen LogP contribution in [0.4, 0.5) is 5.69 Å². The van der Waals surface area contributed by atoms with Crippen LogP contribution < -0.4 is 10.3 Å². The Morgan fingerprint density at radius 1 is 1.11 bits per heavy atom. The van der Waals surface area contributed by atoms with Crippen molar-refractivity contribution in [2.45, 2.75) is 25.7 Å². The minimum atomic E-state index is -0.331. The molecular formula is C20H19Cl2N3O2. The average molecular weight is 404 g/mol. The van der Waals surface area contributed by atoms with Gasteiger partial charge in [0, 0.05) is 30.6 Å². The number of nitrogens with zero attached hydrogens (tertiary/aromatic N) is 2. The number of anilines is 1. The van der Waals surface area contributed by atoms with Crippen molar-refractivity contribution in [2.24, 2.45) is 5.10 Å². The van der Waals surface area contributed by atoms with Gasteiger partial charge in [-0.1, -0.05) is 53.5 Å². The van der Waals surface area contributed by atoms with Gasteiger partial charge in [0.1, 0.15) is 0 Å². The van der Waals surface area contributed by atoms with Crippen LogP contribution in [0.25, 0.3) is 0 Å². The third-order valence-corrected chi connectivity index (χ3v) is 5.19. The van der Waals surface area contributed by atoms with Crippen LogP contribution in [0.5, 0.6) is 0 Å². The van der Waals surface area contributed by atoms with Gasteiger partial charge < -0.3 is 4.90 Å². The van der Waals surface area contributed by atoms with E-state index in [1.807, 2.05) is 24.3 Å². The van der Waals surface area contributed by atoms with E-state index in [0.29, 0.717) is 22.2 Å². The first-order valence-electron chi connectivity index (χ1n) is 8.70. The fourth-order valence-corrected chi connectivity index (χ4v) is 3.35. The molecule has 0 spiro atoms. The molecule has 1 heterocycles. The Morgan fingerprint density at radius 2 is 1.93 bits per heavy atom. The summed E-state index contributed by atoms with van der Waals surface area (Å²) in [5.74, 6) is -0.387. The molecule has 0 aliphatic carbocycles. The van der Waals surface area contributed by atoms with Crippen molar-refractivity contribution in [2.75, 3.05) is 11.4 Å². The molecule has 0 aromatic heterocycles. The number of halogens is 2. The molecule has 0 radical (unpaired) electrons. The Bertz CT molecular complexity index is 883. The van der Waals surface area contributed by atoms with Crippen LogP contribution >= 0.6 is 23.2 Å².